The number of carbonyl (C=O) groups is 2. The first kappa shape index (κ1) is 27.3. The van der Waals surface area contributed by atoms with Crippen molar-refractivity contribution in [1.82, 2.24) is 9.78 Å². The molecular weight excluding hydrogens is 522 g/mol. The zero-order valence-electron chi connectivity index (χ0n) is 21.3. The third kappa shape index (κ3) is 6.20. The van der Waals surface area contributed by atoms with E-state index in [9.17, 15) is 23.1 Å². The van der Waals surface area contributed by atoms with Crippen LogP contribution in [0.3, 0.4) is 0 Å². The van der Waals surface area contributed by atoms with Crippen molar-refractivity contribution in [3.63, 3.8) is 0 Å². The molecule has 202 valence electrons. The van der Waals surface area contributed by atoms with Gasteiger partial charge in [0, 0.05) is 18.7 Å². The molecule has 12 heteroatoms. The van der Waals surface area contributed by atoms with Gasteiger partial charge < -0.3 is 14.6 Å². The second kappa shape index (κ2) is 10.2. The van der Waals surface area contributed by atoms with Crippen LogP contribution < -0.4 is 9.04 Å². The van der Waals surface area contributed by atoms with Crippen molar-refractivity contribution in [2.24, 2.45) is 11.8 Å². The van der Waals surface area contributed by atoms with Crippen LogP contribution in [0.4, 0.5) is 5.69 Å². The maximum absolute atomic E-state index is 13.9. The zero-order chi connectivity index (χ0) is 27.1. The van der Waals surface area contributed by atoms with E-state index < -0.39 is 33.7 Å². The lowest BCUT2D eigenvalue weighted by Gasteiger charge is -2.38. The summed E-state index contributed by atoms with van der Waals surface area (Å²) >= 11 is 6.24. The number of ether oxygens (including phenoxy) is 2. The van der Waals surface area contributed by atoms with E-state index in [1.54, 1.807) is 39.0 Å². The maximum atomic E-state index is 13.9. The number of carbonyl (C=O) groups excluding carboxylic acids is 1. The number of benzene rings is 1. The molecular formula is C25H32ClN3O7S. The zero-order valence-corrected chi connectivity index (χ0v) is 22.9. The number of fused-ring (bicyclic) bond motifs is 1. The van der Waals surface area contributed by atoms with Crippen LogP contribution in [0, 0.1) is 11.8 Å². The van der Waals surface area contributed by atoms with Crippen LogP contribution in [-0.2, 0) is 37.3 Å². The number of carboxylic acids is 1. The molecule has 1 aromatic carbocycles. The molecule has 1 N–H and O–H groups in total. The first-order valence-corrected chi connectivity index (χ1v) is 14.1. The predicted octanol–water partition coefficient (Wildman–Crippen LogP) is 3.90. The fraction of sp³-hybridized carbons (Fsp3) is 0.560. The fourth-order valence-electron chi connectivity index (χ4n) is 4.59. The number of halogens is 1. The molecule has 1 saturated carbocycles. The van der Waals surface area contributed by atoms with Crippen LogP contribution in [0.25, 0.3) is 0 Å². The molecule has 0 spiro atoms. The van der Waals surface area contributed by atoms with E-state index in [1.165, 1.54) is 15.2 Å². The minimum Gasteiger partial charge on any atom is -0.486 e. The third-order valence-corrected chi connectivity index (χ3v) is 8.55. The van der Waals surface area contributed by atoms with Crippen molar-refractivity contribution in [2.45, 2.75) is 76.5 Å². The summed E-state index contributed by atoms with van der Waals surface area (Å²) in [6.07, 6.45) is 2.29. The summed E-state index contributed by atoms with van der Waals surface area (Å²) in [6.45, 7) is 7.47. The van der Waals surface area contributed by atoms with Crippen molar-refractivity contribution in [2.75, 3.05) is 10.8 Å². The van der Waals surface area contributed by atoms with Gasteiger partial charge in [-0.2, -0.15) is 5.10 Å². The highest BCUT2D eigenvalue weighted by Crippen LogP contribution is 2.46. The quantitative estimate of drug-likeness (QED) is 0.463. The van der Waals surface area contributed by atoms with Crippen molar-refractivity contribution >= 4 is 39.3 Å². The van der Waals surface area contributed by atoms with Crippen LogP contribution in [0.5, 0.6) is 5.75 Å². The summed E-state index contributed by atoms with van der Waals surface area (Å²) in [4.78, 5) is 23.9. The molecule has 37 heavy (non-hydrogen) atoms. The molecule has 0 unspecified atom stereocenters. The van der Waals surface area contributed by atoms with Crippen LogP contribution in [0.1, 0.15) is 52.5 Å². The fourth-order valence-corrected chi connectivity index (χ4v) is 6.51. The molecule has 0 amide bonds. The molecule has 2 atom stereocenters. The van der Waals surface area contributed by atoms with E-state index in [4.69, 9.17) is 21.1 Å². The third-order valence-electron chi connectivity index (χ3n) is 6.38. The smallest absolute Gasteiger partial charge is 0.310 e. The Morgan fingerprint density at radius 3 is 2.57 bits per heavy atom. The molecule has 1 aliphatic heterocycles. The van der Waals surface area contributed by atoms with Gasteiger partial charge in [-0.1, -0.05) is 17.7 Å². The van der Waals surface area contributed by atoms with Crippen LogP contribution in [-0.4, -0.2) is 53.5 Å². The molecule has 0 radical (unpaired) electrons. The van der Waals surface area contributed by atoms with Gasteiger partial charge in [0.05, 0.1) is 25.1 Å². The Balaban J connectivity index is 1.74. The molecule has 2 aliphatic rings. The molecule has 2 aromatic rings. The highest BCUT2D eigenvalue weighted by Gasteiger charge is 2.45. The van der Waals surface area contributed by atoms with Crippen molar-refractivity contribution in [3.05, 3.63) is 35.1 Å². The molecule has 1 fully saturated rings. The summed E-state index contributed by atoms with van der Waals surface area (Å²) in [5.41, 5.74) is 0.146. The number of esters is 1. The Bertz CT molecular complexity index is 1300. The largest absolute Gasteiger partial charge is 0.486 e. The minimum absolute atomic E-state index is 0.0555. The van der Waals surface area contributed by atoms with E-state index in [2.05, 4.69) is 5.10 Å². The van der Waals surface area contributed by atoms with Gasteiger partial charge in [0.1, 0.15) is 22.4 Å². The normalized spacial score (nSPS) is 18.6. The van der Waals surface area contributed by atoms with Crippen molar-refractivity contribution in [3.8, 4) is 5.75 Å². The monoisotopic (exact) mass is 553 g/mol. The highest BCUT2D eigenvalue weighted by molar-refractivity contribution is 7.93. The van der Waals surface area contributed by atoms with Gasteiger partial charge >= 0.3 is 11.9 Å². The van der Waals surface area contributed by atoms with E-state index in [-0.39, 0.29) is 47.0 Å². The minimum atomic E-state index is -4.20. The van der Waals surface area contributed by atoms with E-state index >= 15 is 0 Å². The van der Waals surface area contributed by atoms with Gasteiger partial charge in [0.15, 0.2) is 5.15 Å². The second-order valence-electron chi connectivity index (χ2n) is 10.5. The number of aliphatic carboxylic acids is 1. The van der Waals surface area contributed by atoms with Gasteiger partial charge in [-0.05, 0) is 64.2 Å². The Morgan fingerprint density at radius 2 is 2.00 bits per heavy atom. The number of sulfonamides is 1. The number of hydrogen-bond acceptors (Lipinski definition) is 7. The first-order chi connectivity index (χ1) is 17.3. The number of anilines is 1. The van der Waals surface area contributed by atoms with Gasteiger partial charge in [-0.25, -0.2) is 8.42 Å². The predicted molar refractivity (Wildman–Crippen MR) is 136 cm³/mol. The number of aromatic nitrogens is 2. The Kier molecular flexibility index (Phi) is 7.49. The van der Waals surface area contributed by atoms with E-state index in [0.29, 0.717) is 17.9 Å². The van der Waals surface area contributed by atoms with Crippen LogP contribution >= 0.6 is 11.6 Å². The van der Waals surface area contributed by atoms with Gasteiger partial charge in [0.25, 0.3) is 10.0 Å². The number of rotatable bonds is 9. The first-order valence-electron chi connectivity index (χ1n) is 12.3. The van der Waals surface area contributed by atoms with Gasteiger partial charge in [-0.15, -0.1) is 0 Å². The lowest BCUT2D eigenvalue weighted by atomic mass is 9.92. The molecule has 4 rings (SSSR count). The van der Waals surface area contributed by atoms with E-state index in [1.807, 2.05) is 6.92 Å². The molecule has 1 aliphatic carbocycles. The number of nitrogens with zero attached hydrogens (tertiary/aromatic N) is 3. The molecule has 0 bridgehead atoms. The molecule has 1 aromatic heterocycles. The summed E-state index contributed by atoms with van der Waals surface area (Å²) in [6, 6.07) is 4.89. The van der Waals surface area contributed by atoms with Gasteiger partial charge in [-0.3, -0.25) is 18.6 Å². The van der Waals surface area contributed by atoms with Crippen molar-refractivity contribution < 1.29 is 32.6 Å². The maximum Gasteiger partial charge on any atom is 0.310 e. The van der Waals surface area contributed by atoms with Crippen LogP contribution in [0.2, 0.25) is 5.15 Å². The Morgan fingerprint density at radius 1 is 1.30 bits per heavy atom. The summed E-state index contributed by atoms with van der Waals surface area (Å²) < 4.78 is 42.1. The summed E-state index contributed by atoms with van der Waals surface area (Å²) in [5.74, 6) is -1.30. The van der Waals surface area contributed by atoms with Crippen molar-refractivity contribution in [1.29, 1.82) is 0 Å². The highest BCUT2D eigenvalue weighted by atomic mass is 35.5. The number of hydrogen-bond donors (Lipinski definition) is 1. The lowest BCUT2D eigenvalue weighted by Crippen LogP contribution is -2.47. The second-order valence-corrected chi connectivity index (χ2v) is 12.7. The topological polar surface area (TPSA) is 128 Å². The lowest BCUT2D eigenvalue weighted by molar-refractivity contribution is -0.154. The SMILES string of the molecule is CCn1cc(S(=O)(=O)N2C[C@H]([C@@H](CC(=O)O)C3CC3)Oc3ccc(CC(=O)OC(C)(C)C)cc32)c(Cl)n1. The van der Waals surface area contributed by atoms with Gasteiger partial charge in [0.2, 0.25) is 0 Å². The average molecular weight is 554 g/mol. The number of aryl methyl sites for hydroxylation is 1. The summed E-state index contributed by atoms with van der Waals surface area (Å²) in [7, 11) is -4.20. The molecule has 0 saturated heterocycles. The molecule has 2 heterocycles. The summed E-state index contributed by atoms with van der Waals surface area (Å²) in [5, 5.41) is 13.4. The average Bonchev–Trinajstić information content (AvgIpc) is 3.56. The Hall–Kier alpha value is -2.79. The van der Waals surface area contributed by atoms with Crippen LogP contribution in [0.15, 0.2) is 29.3 Å². The Labute approximate surface area is 221 Å². The molecule has 10 nitrogen and oxygen atoms in total. The van der Waals surface area contributed by atoms with E-state index in [0.717, 1.165) is 12.8 Å². The standard InChI is InChI=1S/C25H32ClN3O7S/c1-5-28-14-21(24(26)27-28)37(33,34)29-13-20(17(12-22(30)31)16-7-8-16)35-19-9-6-15(10-18(19)29)11-23(32)36-25(2,3)4/h6,9-10,14,16-17,20H,5,7-8,11-13H2,1-4H3,(H,30,31)/t17-,20+/m0/s1. The number of carboxylic acid groups (broad SMARTS) is 1.